The summed E-state index contributed by atoms with van der Waals surface area (Å²) in [6.07, 6.45) is 1.03. The zero-order valence-electron chi connectivity index (χ0n) is 10.1. The van der Waals surface area contributed by atoms with Gasteiger partial charge in [-0.1, -0.05) is 17.7 Å². The molecule has 4 nitrogen and oxygen atoms in total. The Hall–Kier alpha value is -0.590. The molecule has 0 aliphatic carbocycles. The number of anilines is 1. The Balaban J connectivity index is 3.06. The smallest absolute Gasteiger partial charge is 0.245 e. The summed E-state index contributed by atoms with van der Waals surface area (Å²) in [7, 11) is -3.51. The van der Waals surface area contributed by atoms with Gasteiger partial charge in [-0.2, -0.15) is 0 Å². The van der Waals surface area contributed by atoms with Crippen molar-refractivity contribution in [1.82, 2.24) is 0 Å². The number of hydrogen-bond donors (Lipinski definition) is 1. The number of halogens is 2. The van der Waals surface area contributed by atoms with E-state index in [1.165, 1.54) is 13.8 Å². The largest absolute Gasteiger partial charge is 0.324 e. The fourth-order valence-corrected chi connectivity index (χ4v) is 1.97. The molecule has 1 aromatic carbocycles. The van der Waals surface area contributed by atoms with Crippen molar-refractivity contribution < 1.29 is 13.2 Å². The van der Waals surface area contributed by atoms with Crippen molar-refractivity contribution in [2.75, 3.05) is 11.6 Å². The highest BCUT2D eigenvalue weighted by atomic mass is 79.9. The van der Waals surface area contributed by atoms with E-state index in [1.54, 1.807) is 18.2 Å². The van der Waals surface area contributed by atoms with Crippen LogP contribution in [0, 0.1) is 0 Å². The Morgan fingerprint density at radius 3 is 2.44 bits per heavy atom. The monoisotopic (exact) mass is 353 g/mol. The molecule has 0 saturated carbocycles. The van der Waals surface area contributed by atoms with Gasteiger partial charge in [0.15, 0.2) is 9.84 Å². The summed E-state index contributed by atoms with van der Waals surface area (Å²) in [6.45, 7) is 2.71. The van der Waals surface area contributed by atoms with Gasteiger partial charge in [0.25, 0.3) is 0 Å². The van der Waals surface area contributed by atoms with Crippen molar-refractivity contribution in [3.63, 3.8) is 0 Å². The average Bonchev–Trinajstić information content (AvgIpc) is 2.23. The van der Waals surface area contributed by atoms with E-state index < -0.39 is 20.5 Å². The van der Waals surface area contributed by atoms with Crippen LogP contribution in [0.3, 0.4) is 0 Å². The first kappa shape index (κ1) is 15.5. The molecule has 1 rings (SSSR count). The van der Waals surface area contributed by atoms with E-state index in [9.17, 15) is 13.2 Å². The molecule has 18 heavy (non-hydrogen) atoms. The number of benzene rings is 1. The molecule has 1 amide bonds. The maximum Gasteiger partial charge on any atom is 0.245 e. The van der Waals surface area contributed by atoms with E-state index in [0.717, 1.165) is 6.26 Å². The number of rotatable bonds is 3. The molecule has 100 valence electrons. The number of carbonyl (C=O) groups excluding carboxylic acids is 1. The standard InChI is InChI=1S/C11H13BrClNO3S/c1-11(2,18(3,16)17)10(15)14-8-6-4-5-7(13)9(8)12/h4-6H,1-3H3,(H,14,15). The van der Waals surface area contributed by atoms with Gasteiger partial charge >= 0.3 is 0 Å². The highest BCUT2D eigenvalue weighted by molar-refractivity contribution is 9.10. The van der Waals surface area contributed by atoms with E-state index in [2.05, 4.69) is 21.2 Å². The van der Waals surface area contributed by atoms with Crippen LogP contribution < -0.4 is 5.32 Å². The van der Waals surface area contributed by atoms with E-state index in [0.29, 0.717) is 15.2 Å². The Morgan fingerprint density at radius 2 is 1.94 bits per heavy atom. The third kappa shape index (κ3) is 3.05. The van der Waals surface area contributed by atoms with Gasteiger partial charge in [0.1, 0.15) is 4.75 Å². The Bertz CT molecular complexity index is 584. The highest BCUT2D eigenvalue weighted by Gasteiger charge is 2.38. The van der Waals surface area contributed by atoms with Crippen LogP contribution in [0.5, 0.6) is 0 Å². The predicted molar refractivity (Wildman–Crippen MR) is 76.7 cm³/mol. The normalized spacial score (nSPS) is 12.3. The van der Waals surface area contributed by atoms with Crippen LogP contribution in [-0.4, -0.2) is 25.3 Å². The summed E-state index contributed by atoms with van der Waals surface area (Å²) in [5.74, 6) is -0.604. The maximum atomic E-state index is 12.0. The van der Waals surface area contributed by atoms with Gasteiger partial charge in [-0.3, -0.25) is 4.79 Å². The van der Waals surface area contributed by atoms with Gasteiger partial charge in [-0.05, 0) is 41.9 Å². The minimum absolute atomic E-state index is 0.434. The van der Waals surface area contributed by atoms with Crippen molar-refractivity contribution in [3.05, 3.63) is 27.7 Å². The van der Waals surface area contributed by atoms with Gasteiger partial charge in [0.2, 0.25) is 5.91 Å². The van der Waals surface area contributed by atoms with Gasteiger partial charge < -0.3 is 5.32 Å². The van der Waals surface area contributed by atoms with E-state index >= 15 is 0 Å². The lowest BCUT2D eigenvalue weighted by molar-refractivity contribution is -0.117. The molecule has 0 aliphatic heterocycles. The number of hydrogen-bond acceptors (Lipinski definition) is 3. The second-order valence-corrected chi connectivity index (χ2v) is 8.10. The quantitative estimate of drug-likeness (QED) is 0.908. The molecule has 0 fully saturated rings. The van der Waals surface area contributed by atoms with Crippen molar-refractivity contribution >= 4 is 49.0 Å². The number of carbonyl (C=O) groups is 1. The minimum Gasteiger partial charge on any atom is -0.324 e. The summed E-state index contributed by atoms with van der Waals surface area (Å²) >= 11 is 9.11. The fourth-order valence-electron chi connectivity index (χ4n) is 1.04. The highest BCUT2D eigenvalue weighted by Crippen LogP contribution is 2.31. The summed E-state index contributed by atoms with van der Waals surface area (Å²) in [5, 5.41) is 2.98. The summed E-state index contributed by atoms with van der Waals surface area (Å²) in [5.41, 5.74) is 0.434. The van der Waals surface area contributed by atoms with Crippen LogP contribution in [0.25, 0.3) is 0 Å². The molecule has 0 atom stereocenters. The molecule has 7 heteroatoms. The zero-order chi connectivity index (χ0) is 14.1. The average molecular weight is 355 g/mol. The van der Waals surface area contributed by atoms with Crippen molar-refractivity contribution in [3.8, 4) is 0 Å². The third-order valence-electron chi connectivity index (χ3n) is 2.67. The SMILES string of the molecule is CC(C)(C(=O)Nc1cccc(Cl)c1Br)S(C)(=O)=O. The van der Waals surface area contributed by atoms with Crippen LogP contribution in [0.2, 0.25) is 5.02 Å². The molecule has 0 heterocycles. The molecule has 0 saturated heterocycles. The molecule has 1 aromatic rings. The lowest BCUT2D eigenvalue weighted by atomic mass is 10.2. The van der Waals surface area contributed by atoms with Gasteiger partial charge in [0, 0.05) is 6.26 Å². The summed E-state index contributed by atoms with van der Waals surface area (Å²) in [6, 6.07) is 4.95. The molecule has 0 spiro atoms. The molecular weight excluding hydrogens is 342 g/mol. The third-order valence-corrected chi connectivity index (χ3v) is 6.11. The van der Waals surface area contributed by atoms with Gasteiger partial charge in [0.05, 0.1) is 15.2 Å². The second-order valence-electron chi connectivity index (χ2n) is 4.34. The maximum absolute atomic E-state index is 12.0. The zero-order valence-corrected chi connectivity index (χ0v) is 13.3. The lowest BCUT2D eigenvalue weighted by Gasteiger charge is -2.21. The Labute approximate surface area is 120 Å². The molecule has 1 N–H and O–H groups in total. The van der Waals surface area contributed by atoms with E-state index in [1.807, 2.05) is 0 Å². The van der Waals surface area contributed by atoms with Crippen LogP contribution in [-0.2, 0) is 14.6 Å². The molecule has 0 aromatic heterocycles. The van der Waals surface area contributed by atoms with Crippen molar-refractivity contribution in [2.24, 2.45) is 0 Å². The van der Waals surface area contributed by atoms with Gasteiger partial charge in [-0.15, -0.1) is 0 Å². The molecule has 0 bridgehead atoms. The fraction of sp³-hybridized carbons (Fsp3) is 0.364. The summed E-state index contributed by atoms with van der Waals surface area (Å²) in [4.78, 5) is 12.0. The van der Waals surface area contributed by atoms with E-state index in [4.69, 9.17) is 11.6 Å². The van der Waals surface area contributed by atoms with Crippen molar-refractivity contribution in [2.45, 2.75) is 18.6 Å². The number of nitrogens with one attached hydrogen (secondary N) is 1. The Kier molecular flexibility index (Phi) is 4.46. The first-order valence-corrected chi connectivity index (χ1v) is 8.08. The molecule has 0 radical (unpaired) electrons. The van der Waals surface area contributed by atoms with E-state index in [-0.39, 0.29) is 0 Å². The Morgan fingerprint density at radius 1 is 1.39 bits per heavy atom. The molecule has 0 aliphatic rings. The van der Waals surface area contributed by atoms with Crippen LogP contribution >= 0.6 is 27.5 Å². The minimum atomic E-state index is -3.51. The summed E-state index contributed by atoms with van der Waals surface area (Å²) < 4.78 is 22.1. The van der Waals surface area contributed by atoms with Crippen LogP contribution in [0.4, 0.5) is 5.69 Å². The second kappa shape index (κ2) is 5.19. The van der Waals surface area contributed by atoms with Crippen LogP contribution in [0.1, 0.15) is 13.8 Å². The van der Waals surface area contributed by atoms with Gasteiger partial charge in [-0.25, -0.2) is 8.42 Å². The first-order valence-electron chi connectivity index (χ1n) is 5.02. The lowest BCUT2D eigenvalue weighted by Crippen LogP contribution is -2.43. The van der Waals surface area contributed by atoms with Crippen LogP contribution in [0.15, 0.2) is 22.7 Å². The first-order chi connectivity index (χ1) is 8.07. The molecular formula is C11H13BrClNO3S. The number of amides is 1. The predicted octanol–water partition coefficient (Wildman–Crippen LogP) is 2.86. The topological polar surface area (TPSA) is 63.2 Å². The van der Waals surface area contributed by atoms with Crippen molar-refractivity contribution in [1.29, 1.82) is 0 Å². The number of sulfone groups is 1. The molecule has 0 unspecified atom stereocenters.